The predicted molar refractivity (Wildman–Crippen MR) is 150 cm³/mol. The molecule has 0 bridgehead atoms. The van der Waals surface area contributed by atoms with Crippen molar-refractivity contribution >= 4 is 30.3 Å². The summed E-state index contributed by atoms with van der Waals surface area (Å²) in [5, 5.41) is 11.8. The first kappa shape index (κ1) is 27.0. The Morgan fingerprint density at radius 3 is 2.33 bits per heavy atom. The van der Waals surface area contributed by atoms with Gasteiger partial charge in [-0.05, 0) is 56.3 Å². The van der Waals surface area contributed by atoms with Gasteiger partial charge in [0.05, 0.1) is 29.1 Å². The summed E-state index contributed by atoms with van der Waals surface area (Å²) in [6.07, 6.45) is 1.11. The van der Waals surface area contributed by atoms with E-state index in [0.717, 1.165) is 28.0 Å². The minimum atomic E-state index is -1.23. The van der Waals surface area contributed by atoms with Crippen molar-refractivity contribution in [2.45, 2.75) is 71.2 Å². The van der Waals surface area contributed by atoms with Crippen LogP contribution in [0, 0.1) is 5.92 Å². The zero-order valence-corrected chi connectivity index (χ0v) is 23.2. The van der Waals surface area contributed by atoms with Gasteiger partial charge in [-0.15, -0.1) is 0 Å². The lowest BCUT2D eigenvalue weighted by atomic mass is 9.79. The number of nitrogens with one attached hydrogen (secondary N) is 2. The third kappa shape index (κ3) is 4.94. The van der Waals surface area contributed by atoms with E-state index in [1.165, 1.54) is 0 Å². The number of hydrogen-bond donors (Lipinski definition) is 3. The first-order chi connectivity index (χ1) is 18.4. The number of carboxylic acid groups (broad SMARTS) is 1. The van der Waals surface area contributed by atoms with Crippen LogP contribution in [0.5, 0.6) is 0 Å². The fourth-order valence-electron chi connectivity index (χ4n) is 5.13. The predicted octanol–water partition coefficient (Wildman–Crippen LogP) is 4.30. The zero-order chi connectivity index (χ0) is 28.1. The van der Waals surface area contributed by atoms with Crippen LogP contribution in [-0.4, -0.2) is 51.4 Å². The van der Waals surface area contributed by atoms with Gasteiger partial charge >= 0.3 is 13.2 Å². The number of rotatable bonds is 6. The number of H-pyrrole nitrogens is 1. The number of carbonyl (C=O) groups excluding carboxylic acids is 1. The van der Waals surface area contributed by atoms with Gasteiger partial charge in [-0.1, -0.05) is 56.3 Å². The molecule has 2 atom stereocenters. The number of anilines is 1. The first-order valence-corrected chi connectivity index (χ1v) is 13.3. The molecular weight excluding hydrogens is 495 g/mol. The van der Waals surface area contributed by atoms with Crippen LogP contribution in [0.3, 0.4) is 0 Å². The molecule has 204 valence electrons. The highest BCUT2D eigenvalue weighted by atomic mass is 16.7. The lowest BCUT2D eigenvalue weighted by Crippen LogP contribution is -2.51. The molecule has 0 saturated carbocycles. The van der Waals surface area contributed by atoms with Gasteiger partial charge in [0.1, 0.15) is 11.9 Å². The van der Waals surface area contributed by atoms with E-state index in [4.69, 9.17) is 9.31 Å². The van der Waals surface area contributed by atoms with Gasteiger partial charge in [0.15, 0.2) is 0 Å². The highest BCUT2D eigenvalue weighted by Crippen LogP contribution is 2.41. The summed E-state index contributed by atoms with van der Waals surface area (Å²) in [5.74, 6) is 0.117. The number of hydrogen-bond acceptors (Lipinski definition) is 5. The van der Waals surface area contributed by atoms with Gasteiger partial charge in [-0.2, -0.15) is 0 Å². The Labute approximate surface area is 229 Å². The maximum Gasteiger partial charge on any atom is 0.494 e. The molecule has 0 aliphatic carbocycles. The van der Waals surface area contributed by atoms with Crippen LogP contribution in [0.4, 0.5) is 10.5 Å². The van der Waals surface area contributed by atoms with Crippen LogP contribution in [0.1, 0.15) is 59.0 Å². The van der Waals surface area contributed by atoms with Gasteiger partial charge in [0.2, 0.25) is 0 Å². The van der Waals surface area contributed by atoms with Crippen molar-refractivity contribution < 1.29 is 24.0 Å². The second kappa shape index (κ2) is 9.84. The van der Waals surface area contributed by atoms with Crippen molar-refractivity contribution in [3.8, 4) is 11.3 Å². The molecule has 1 fully saturated rings. The topological polar surface area (TPSA) is 117 Å². The van der Waals surface area contributed by atoms with Crippen LogP contribution in [-0.2, 0) is 20.5 Å². The average molecular weight is 530 g/mol. The summed E-state index contributed by atoms with van der Waals surface area (Å²) in [6.45, 7) is 11.8. The molecule has 5 rings (SSSR count). The Hall–Kier alpha value is -3.63. The summed E-state index contributed by atoms with van der Waals surface area (Å²) in [4.78, 5) is 34.9. The molecule has 2 aliphatic rings. The van der Waals surface area contributed by atoms with Crippen LogP contribution >= 0.6 is 0 Å². The highest BCUT2D eigenvalue weighted by Gasteiger charge is 2.51. The Morgan fingerprint density at radius 2 is 1.72 bits per heavy atom. The smallest absolute Gasteiger partial charge is 0.465 e. The monoisotopic (exact) mass is 530 g/mol. The van der Waals surface area contributed by atoms with Crippen LogP contribution in [0.15, 0.2) is 54.7 Å². The molecule has 3 aromatic rings. The third-order valence-corrected chi connectivity index (χ3v) is 8.08. The van der Waals surface area contributed by atoms with Gasteiger partial charge < -0.3 is 24.7 Å². The van der Waals surface area contributed by atoms with Crippen molar-refractivity contribution in [3.63, 3.8) is 0 Å². The Kier molecular flexibility index (Phi) is 6.80. The molecule has 39 heavy (non-hydrogen) atoms. The summed E-state index contributed by atoms with van der Waals surface area (Å²) in [5.41, 5.74) is 3.66. The Bertz CT molecular complexity index is 1370. The average Bonchev–Trinajstić information content (AvgIpc) is 3.56. The molecule has 1 unspecified atom stereocenters. The highest BCUT2D eigenvalue weighted by molar-refractivity contribution is 6.62. The van der Waals surface area contributed by atoms with Gasteiger partial charge in [0.25, 0.3) is 5.91 Å². The first-order valence-electron chi connectivity index (χ1n) is 13.3. The van der Waals surface area contributed by atoms with Crippen molar-refractivity contribution in [3.05, 3.63) is 66.1 Å². The molecule has 3 heterocycles. The molecule has 10 heteroatoms. The molecule has 0 radical (unpaired) electrons. The normalized spacial score (nSPS) is 20.2. The molecule has 2 amide bonds. The number of aromatic amines is 1. The maximum atomic E-state index is 13.7. The SMILES string of the molecule is CC(C)C(NC(=O)O)C(=O)N1c2ccccc2C[C@H]1c1ncc(-c2ccc(B3OC(C)(C)C(C)(C)O3)cc2)[nH]1. The van der Waals surface area contributed by atoms with Crippen molar-refractivity contribution in [1.29, 1.82) is 0 Å². The molecule has 1 aromatic heterocycles. The fraction of sp³-hybridized carbons (Fsp3) is 0.414. The molecule has 2 aromatic carbocycles. The van der Waals surface area contributed by atoms with Crippen molar-refractivity contribution in [1.82, 2.24) is 15.3 Å². The van der Waals surface area contributed by atoms with Gasteiger partial charge in [-0.3, -0.25) is 9.69 Å². The maximum absolute atomic E-state index is 13.7. The Balaban J connectivity index is 1.40. The number of benzene rings is 2. The minimum absolute atomic E-state index is 0.225. The number of nitrogens with zero attached hydrogens (tertiary/aromatic N) is 2. The number of para-hydroxylation sites is 1. The largest absolute Gasteiger partial charge is 0.494 e. The van der Waals surface area contributed by atoms with Crippen LogP contribution in [0.2, 0.25) is 0 Å². The van der Waals surface area contributed by atoms with E-state index in [1.54, 1.807) is 11.1 Å². The standard InChI is InChI=1S/C29H35BN4O5/c1-17(2)24(33-27(36)37)26(35)34-22-10-8-7-9-19(22)15-23(34)25-31-16-21(32-25)18-11-13-20(14-12-18)30-38-28(3,4)29(5,6)39-30/h7-14,16-17,23-24,33H,15H2,1-6H3,(H,31,32)(H,36,37)/t23-,24?/m0/s1. The second-order valence-electron chi connectivity index (χ2n) is 11.6. The number of carbonyl (C=O) groups is 2. The third-order valence-electron chi connectivity index (χ3n) is 8.08. The molecule has 3 N–H and O–H groups in total. The van der Waals surface area contributed by atoms with E-state index in [9.17, 15) is 14.7 Å². The molecule has 2 aliphatic heterocycles. The van der Waals surface area contributed by atoms with E-state index >= 15 is 0 Å². The van der Waals surface area contributed by atoms with E-state index < -0.39 is 30.5 Å². The molecule has 0 spiro atoms. The number of imidazole rings is 1. The summed E-state index contributed by atoms with van der Waals surface area (Å²) < 4.78 is 12.3. The van der Waals surface area contributed by atoms with Crippen LogP contribution in [0.25, 0.3) is 11.3 Å². The number of aromatic nitrogens is 2. The van der Waals surface area contributed by atoms with Gasteiger partial charge in [-0.25, -0.2) is 9.78 Å². The van der Waals surface area contributed by atoms with Crippen molar-refractivity contribution in [2.24, 2.45) is 5.92 Å². The molecular formula is C29H35BN4O5. The molecule has 9 nitrogen and oxygen atoms in total. The van der Waals surface area contributed by atoms with Crippen LogP contribution < -0.4 is 15.7 Å². The summed E-state index contributed by atoms with van der Waals surface area (Å²) >= 11 is 0. The Morgan fingerprint density at radius 1 is 1.08 bits per heavy atom. The van der Waals surface area contributed by atoms with E-state index in [0.29, 0.717) is 12.2 Å². The second-order valence-corrected chi connectivity index (χ2v) is 11.6. The number of amides is 2. The van der Waals surface area contributed by atoms with Gasteiger partial charge in [0, 0.05) is 12.1 Å². The zero-order valence-electron chi connectivity index (χ0n) is 23.2. The lowest BCUT2D eigenvalue weighted by molar-refractivity contribution is -0.121. The lowest BCUT2D eigenvalue weighted by Gasteiger charge is -2.32. The summed E-state index contributed by atoms with van der Waals surface area (Å²) in [6, 6.07) is 14.4. The minimum Gasteiger partial charge on any atom is -0.465 e. The summed E-state index contributed by atoms with van der Waals surface area (Å²) in [7, 11) is -0.439. The fourth-order valence-corrected chi connectivity index (χ4v) is 5.13. The van der Waals surface area contributed by atoms with E-state index in [1.807, 2.05) is 90.1 Å². The molecule has 1 saturated heterocycles. The number of fused-ring (bicyclic) bond motifs is 1. The quantitative estimate of drug-likeness (QED) is 0.410. The van der Waals surface area contributed by atoms with Crippen molar-refractivity contribution in [2.75, 3.05) is 4.90 Å². The van der Waals surface area contributed by atoms with E-state index in [2.05, 4.69) is 15.3 Å². The van der Waals surface area contributed by atoms with E-state index in [-0.39, 0.29) is 17.9 Å².